The molecule has 3 nitrogen and oxygen atoms in total. The van der Waals surface area contributed by atoms with Crippen molar-refractivity contribution in [2.45, 2.75) is 19.5 Å². The van der Waals surface area contributed by atoms with Crippen molar-refractivity contribution in [1.82, 2.24) is 0 Å². The normalized spacial score (nSPS) is 12.4. The molecule has 0 saturated heterocycles. The van der Waals surface area contributed by atoms with Crippen LogP contribution in [0.1, 0.15) is 18.9 Å². The van der Waals surface area contributed by atoms with E-state index in [-0.39, 0.29) is 23.7 Å². The van der Waals surface area contributed by atoms with Gasteiger partial charge in [-0.1, -0.05) is 6.92 Å². The van der Waals surface area contributed by atoms with Crippen molar-refractivity contribution in [2.24, 2.45) is 0 Å². The highest BCUT2D eigenvalue weighted by atomic mass is 79.9. The molecule has 0 unspecified atom stereocenters. The minimum atomic E-state index is -4.43. The van der Waals surface area contributed by atoms with Crippen molar-refractivity contribution in [3.63, 3.8) is 0 Å². The lowest BCUT2D eigenvalue weighted by molar-refractivity contribution is -0.137. The molecule has 0 aliphatic carbocycles. The average molecular weight is 374 g/mol. The van der Waals surface area contributed by atoms with Gasteiger partial charge in [0.25, 0.3) is 0 Å². The second-order valence-electron chi connectivity index (χ2n) is 4.27. The van der Waals surface area contributed by atoms with Gasteiger partial charge in [-0.2, -0.15) is 13.2 Å². The van der Waals surface area contributed by atoms with E-state index >= 15 is 0 Å². The summed E-state index contributed by atoms with van der Waals surface area (Å²) in [5.74, 6) is -0.0258. The second kappa shape index (κ2) is 6.80. The molecule has 0 heterocycles. The molecular weight excluding hydrogens is 359 g/mol. The first-order valence-electron chi connectivity index (χ1n) is 5.97. The molecule has 114 valence electrons. The molecule has 1 rings (SSSR count). The summed E-state index contributed by atoms with van der Waals surface area (Å²) in [7, 11) is -3.15. The number of alkyl halides is 3. The smallest absolute Gasteiger partial charge is 0.383 e. The van der Waals surface area contributed by atoms with E-state index in [1.165, 1.54) is 6.07 Å². The largest absolute Gasteiger partial charge is 0.416 e. The molecule has 0 bridgehead atoms. The van der Waals surface area contributed by atoms with Crippen LogP contribution < -0.4 is 5.32 Å². The van der Waals surface area contributed by atoms with Gasteiger partial charge in [-0.3, -0.25) is 0 Å². The molecule has 1 N–H and O–H groups in total. The molecule has 0 atom stereocenters. The third-order valence-electron chi connectivity index (χ3n) is 2.54. The molecule has 0 aliphatic heterocycles. The third-order valence-corrected chi connectivity index (χ3v) is 5.09. The number of sulfone groups is 1. The van der Waals surface area contributed by atoms with Crippen molar-refractivity contribution < 1.29 is 21.6 Å². The fraction of sp³-hybridized carbons (Fsp3) is 0.500. The predicted octanol–water partition coefficient (Wildman–Crippen LogP) is 3.70. The highest BCUT2D eigenvalue weighted by Crippen LogP contribution is 2.33. The van der Waals surface area contributed by atoms with Crippen molar-refractivity contribution in [2.75, 3.05) is 23.4 Å². The Hall–Kier alpha value is -0.760. The van der Waals surface area contributed by atoms with Gasteiger partial charge < -0.3 is 5.32 Å². The van der Waals surface area contributed by atoms with Crippen LogP contribution in [0.4, 0.5) is 18.9 Å². The van der Waals surface area contributed by atoms with Crippen LogP contribution in [0.2, 0.25) is 0 Å². The van der Waals surface area contributed by atoms with Gasteiger partial charge in [0.2, 0.25) is 0 Å². The van der Waals surface area contributed by atoms with E-state index in [0.717, 1.165) is 12.1 Å². The van der Waals surface area contributed by atoms with Crippen molar-refractivity contribution in [3.8, 4) is 0 Å². The van der Waals surface area contributed by atoms with Crippen molar-refractivity contribution >= 4 is 31.5 Å². The van der Waals surface area contributed by atoms with Gasteiger partial charge in [-0.25, -0.2) is 8.42 Å². The maximum absolute atomic E-state index is 12.6. The Morgan fingerprint density at radius 2 is 1.90 bits per heavy atom. The van der Waals surface area contributed by atoms with Gasteiger partial charge >= 0.3 is 6.18 Å². The molecular formula is C12H15BrF3NO2S. The van der Waals surface area contributed by atoms with Crippen molar-refractivity contribution in [1.29, 1.82) is 0 Å². The predicted molar refractivity (Wildman–Crippen MR) is 76.6 cm³/mol. The van der Waals surface area contributed by atoms with E-state index in [0.29, 0.717) is 10.9 Å². The van der Waals surface area contributed by atoms with E-state index in [4.69, 9.17) is 0 Å². The number of nitrogens with one attached hydrogen (secondary N) is 1. The quantitative estimate of drug-likeness (QED) is 0.826. The summed E-state index contributed by atoms with van der Waals surface area (Å²) >= 11 is 3.13. The molecule has 1 aromatic carbocycles. The van der Waals surface area contributed by atoms with Gasteiger partial charge in [0.05, 0.1) is 11.3 Å². The molecule has 0 fully saturated rings. The lowest BCUT2D eigenvalue weighted by atomic mass is 10.2. The topological polar surface area (TPSA) is 46.2 Å². The molecule has 0 amide bonds. The Morgan fingerprint density at radius 3 is 2.45 bits per heavy atom. The Bertz CT molecular complexity index is 558. The molecule has 0 spiro atoms. The molecule has 20 heavy (non-hydrogen) atoms. The Kier molecular flexibility index (Phi) is 5.88. The molecule has 0 aromatic heterocycles. The van der Waals surface area contributed by atoms with E-state index in [1.54, 1.807) is 6.92 Å². The van der Waals surface area contributed by atoms with Crippen LogP contribution in [0.15, 0.2) is 22.7 Å². The van der Waals surface area contributed by atoms with Gasteiger partial charge in [-0.15, -0.1) is 0 Å². The maximum Gasteiger partial charge on any atom is 0.416 e. The number of hydrogen-bond acceptors (Lipinski definition) is 3. The van der Waals surface area contributed by atoms with Crippen molar-refractivity contribution in [3.05, 3.63) is 28.2 Å². The number of rotatable bonds is 6. The molecule has 0 radical (unpaired) electrons. The Morgan fingerprint density at radius 1 is 1.25 bits per heavy atom. The van der Waals surface area contributed by atoms with Crippen LogP contribution in [0.3, 0.4) is 0 Å². The molecule has 8 heteroatoms. The van der Waals surface area contributed by atoms with Gasteiger partial charge in [0, 0.05) is 22.5 Å². The van der Waals surface area contributed by atoms with E-state index < -0.39 is 21.6 Å². The zero-order valence-electron chi connectivity index (χ0n) is 10.8. The molecule has 0 aliphatic rings. The number of benzene rings is 1. The number of hydrogen-bond donors (Lipinski definition) is 1. The van der Waals surface area contributed by atoms with E-state index in [9.17, 15) is 21.6 Å². The SMILES string of the molecule is CCCS(=O)(=O)CCNc1cc(C(F)(F)F)ccc1Br. The summed E-state index contributed by atoms with van der Waals surface area (Å²) < 4.78 is 61.2. The highest BCUT2D eigenvalue weighted by molar-refractivity contribution is 9.10. The lowest BCUT2D eigenvalue weighted by Crippen LogP contribution is -2.18. The van der Waals surface area contributed by atoms with E-state index in [1.807, 2.05) is 0 Å². The monoisotopic (exact) mass is 373 g/mol. The summed E-state index contributed by atoms with van der Waals surface area (Å²) in [6.45, 7) is 1.83. The van der Waals surface area contributed by atoms with Crippen LogP contribution >= 0.6 is 15.9 Å². The van der Waals surface area contributed by atoms with Crippen LogP contribution in [-0.4, -0.2) is 26.5 Å². The fourth-order valence-corrected chi connectivity index (χ4v) is 3.22. The Balaban J connectivity index is 2.73. The summed E-state index contributed by atoms with van der Waals surface area (Å²) in [5, 5.41) is 2.71. The molecule has 0 saturated carbocycles. The van der Waals surface area contributed by atoms with Gasteiger partial charge in [0.15, 0.2) is 9.84 Å². The second-order valence-corrected chi connectivity index (χ2v) is 7.43. The zero-order chi connectivity index (χ0) is 15.4. The Labute approximate surface area is 124 Å². The summed E-state index contributed by atoms with van der Waals surface area (Å²) in [6.07, 6.45) is -3.90. The zero-order valence-corrected chi connectivity index (χ0v) is 13.2. The average Bonchev–Trinajstić information content (AvgIpc) is 2.29. The number of halogens is 4. The number of anilines is 1. The standard InChI is InChI=1S/C12H15BrF3NO2S/c1-2-6-20(18,19)7-5-17-11-8-9(12(14,15)16)3-4-10(11)13/h3-4,8,17H,2,5-7H2,1H3. The minimum Gasteiger partial charge on any atom is -0.383 e. The summed E-state index contributed by atoms with van der Waals surface area (Å²) in [6, 6.07) is 3.20. The molecule has 1 aromatic rings. The maximum atomic E-state index is 12.6. The first-order chi connectivity index (χ1) is 9.15. The first-order valence-corrected chi connectivity index (χ1v) is 8.58. The van der Waals surface area contributed by atoms with E-state index in [2.05, 4.69) is 21.2 Å². The minimum absolute atomic E-state index is 0.0717. The van der Waals surface area contributed by atoms with Crippen LogP contribution in [0.5, 0.6) is 0 Å². The van der Waals surface area contributed by atoms with Gasteiger partial charge in [0.1, 0.15) is 0 Å². The first kappa shape index (κ1) is 17.3. The van der Waals surface area contributed by atoms with Crippen LogP contribution in [-0.2, 0) is 16.0 Å². The summed E-state index contributed by atoms with van der Waals surface area (Å²) in [4.78, 5) is 0. The van der Waals surface area contributed by atoms with Crippen LogP contribution in [0.25, 0.3) is 0 Å². The van der Waals surface area contributed by atoms with Gasteiger partial charge in [-0.05, 0) is 40.5 Å². The highest BCUT2D eigenvalue weighted by Gasteiger charge is 2.30. The lowest BCUT2D eigenvalue weighted by Gasteiger charge is -2.12. The third kappa shape index (κ3) is 5.32. The summed E-state index contributed by atoms with van der Waals surface area (Å²) in [5.41, 5.74) is -0.550. The fourth-order valence-electron chi connectivity index (χ4n) is 1.59. The van der Waals surface area contributed by atoms with Crippen LogP contribution in [0, 0.1) is 0 Å².